The van der Waals surface area contributed by atoms with E-state index in [-0.39, 0.29) is 24.0 Å². The zero-order chi connectivity index (χ0) is 18.5. The molecular weight excluding hydrogens is 543 g/mol. The zero-order valence-corrected chi connectivity index (χ0v) is 20.2. The van der Waals surface area contributed by atoms with Crippen molar-refractivity contribution in [2.45, 2.75) is 45.7 Å². The van der Waals surface area contributed by atoms with Crippen LogP contribution in [0.5, 0.6) is 0 Å². The Kier molecular flexibility index (Phi) is 8.81. The minimum Gasteiger partial charge on any atom is -0.357 e. The Hall–Kier alpha value is -0.870. The van der Waals surface area contributed by atoms with Crippen molar-refractivity contribution >= 4 is 57.5 Å². The van der Waals surface area contributed by atoms with E-state index in [0.717, 1.165) is 65.0 Å². The Morgan fingerprint density at radius 2 is 2.26 bits per heavy atom. The molecule has 0 saturated carbocycles. The van der Waals surface area contributed by atoms with Crippen LogP contribution in [0.3, 0.4) is 0 Å². The monoisotopic (exact) mass is 566 g/mol. The summed E-state index contributed by atoms with van der Waals surface area (Å²) in [6, 6.07) is 6.15. The summed E-state index contributed by atoms with van der Waals surface area (Å²) < 4.78 is 3.07. The van der Waals surface area contributed by atoms with Gasteiger partial charge in [-0.05, 0) is 50.5 Å². The van der Waals surface area contributed by atoms with Crippen molar-refractivity contribution in [1.29, 1.82) is 0 Å². The number of hydrogen-bond acceptors (Lipinski definition) is 3. The average molecular weight is 568 g/mol. The molecule has 1 unspecified atom stereocenters. The standard InChI is InChI=1S/C18H24BrClN6.HI/c1-3-21-18(22-9-8-13-10-14(20)4-6-16(13)19)24-15-5-7-17-23-12(2)25-26(17)11-15;/h4,6,10,15H,3,5,7-9,11H2,1-2H3,(H2,21,22,24);1H. The Labute approximate surface area is 190 Å². The number of aromatic nitrogens is 3. The molecule has 1 aromatic carbocycles. The van der Waals surface area contributed by atoms with E-state index in [9.17, 15) is 0 Å². The normalized spacial score (nSPS) is 16.4. The second-order valence-electron chi connectivity index (χ2n) is 6.38. The summed E-state index contributed by atoms with van der Waals surface area (Å²) in [5, 5.41) is 12.1. The summed E-state index contributed by atoms with van der Waals surface area (Å²) in [7, 11) is 0. The molecule has 0 spiro atoms. The van der Waals surface area contributed by atoms with Gasteiger partial charge < -0.3 is 10.6 Å². The van der Waals surface area contributed by atoms with E-state index in [4.69, 9.17) is 16.6 Å². The van der Waals surface area contributed by atoms with E-state index in [2.05, 4.69) is 43.6 Å². The first-order valence-corrected chi connectivity index (χ1v) is 10.1. The second kappa shape index (κ2) is 10.6. The topological polar surface area (TPSA) is 67.1 Å². The van der Waals surface area contributed by atoms with Gasteiger partial charge in [0.25, 0.3) is 0 Å². The quantitative estimate of drug-likeness (QED) is 0.328. The maximum absolute atomic E-state index is 6.09. The Morgan fingerprint density at radius 3 is 3.04 bits per heavy atom. The van der Waals surface area contributed by atoms with Crippen LogP contribution >= 0.6 is 51.5 Å². The molecule has 0 radical (unpaired) electrons. The third kappa shape index (κ3) is 6.32. The van der Waals surface area contributed by atoms with Crippen molar-refractivity contribution in [3.8, 4) is 0 Å². The summed E-state index contributed by atoms with van der Waals surface area (Å²) in [5.41, 5.74) is 1.16. The summed E-state index contributed by atoms with van der Waals surface area (Å²) >= 11 is 9.66. The fraction of sp³-hybridized carbons (Fsp3) is 0.500. The third-order valence-corrected chi connectivity index (χ3v) is 5.32. The van der Waals surface area contributed by atoms with Gasteiger partial charge in [-0.1, -0.05) is 27.5 Å². The lowest BCUT2D eigenvalue weighted by molar-refractivity contribution is 0.392. The van der Waals surface area contributed by atoms with E-state index in [1.165, 1.54) is 0 Å². The van der Waals surface area contributed by atoms with Crippen molar-refractivity contribution < 1.29 is 0 Å². The molecule has 0 bridgehead atoms. The van der Waals surface area contributed by atoms with Gasteiger partial charge >= 0.3 is 0 Å². The van der Waals surface area contributed by atoms with E-state index >= 15 is 0 Å². The van der Waals surface area contributed by atoms with E-state index < -0.39 is 0 Å². The highest BCUT2D eigenvalue weighted by Gasteiger charge is 2.21. The van der Waals surface area contributed by atoms with Gasteiger partial charge in [0, 0.05) is 35.0 Å². The number of guanidine groups is 1. The fourth-order valence-corrected chi connectivity index (χ4v) is 3.73. The van der Waals surface area contributed by atoms with Gasteiger partial charge in [0.1, 0.15) is 11.6 Å². The lowest BCUT2D eigenvalue weighted by Crippen LogP contribution is -2.47. The van der Waals surface area contributed by atoms with Gasteiger partial charge in [-0.2, -0.15) is 5.10 Å². The minimum atomic E-state index is 0. The lowest BCUT2D eigenvalue weighted by Gasteiger charge is -2.25. The molecule has 3 rings (SSSR count). The van der Waals surface area contributed by atoms with Crippen LogP contribution in [0.15, 0.2) is 27.7 Å². The predicted octanol–water partition coefficient (Wildman–Crippen LogP) is 3.73. The van der Waals surface area contributed by atoms with Crippen LogP contribution in [0.4, 0.5) is 0 Å². The highest BCUT2D eigenvalue weighted by molar-refractivity contribution is 14.0. The molecule has 1 aromatic heterocycles. The Bertz CT molecular complexity index is 794. The van der Waals surface area contributed by atoms with Crippen LogP contribution in [0.2, 0.25) is 5.02 Å². The third-order valence-electron chi connectivity index (χ3n) is 4.31. The van der Waals surface area contributed by atoms with Gasteiger partial charge in [0.05, 0.1) is 6.54 Å². The second-order valence-corrected chi connectivity index (χ2v) is 7.67. The molecule has 1 aliphatic heterocycles. The molecule has 1 aliphatic rings. The number of nitrogens with one attached hydrogen (secondary N) is 2. The number of hydrogen-bond donors (Lipinski definition) is 2. The zero-order valence-electron chi connectivity index (χ0n) is 15.5. The fourth-order valence-electron chi connectivity index (χ4n) is 3.09. The number of aliphatic imine (C=N–C) groups is 1. The van der Waals surface area contributed by atoms with Crippen molar-refractivity contribution in [2.75, 3.05) is 13.1 Å². The first-order chi connectivity index (χ1) is 12.5. The van der Waals surface area contributed by atoms with Crippen molar-refractivity contribution in [3.63, 3.8) is 0 Å². The van der Waals surface area contributed by atoms with Crippen LogP contribution < -0.4 is 10.6 Å². The molecule has 0 amide bonds. The predicted molar refractivity (Wildman–Crippen MR) is 124 cm³/mol. The number of fused-ring (bicyclic) bond motifs is 1. The highest BCUT2D eigenvalue weighted by Crippen LogP contribution is 2.21. The number of rotatable bonds is 5. The SMILES string of the molecule is CCNC(=NCCc1cc(Cl)ccc1Br)NC1CCc2nc(C)nn2C1.I. The lowest BCUT2D eigenvalue weighted by atomic mass is 10.1. The van der Waals surface area contributed by atoms with Crippen molar-refractivity contribution in [1.82, 2.24) is 25.4 Å². The van der Waals surface area contributed by atoms with Crippen molar-refractivity contribution in [3.05, 3.63) is 44.9 Å². The molecule has 148 valence electrons. The smallest absolute Gasteiger partial charge is 0.191 e. The molecule has 27 heavy (non-hydrogen) atoms. The summed E-state index contributed by atoms with van der Waals surface area (Å²) in [4.78, 5) is 9.18. The van der Waals surface area contributed by atoms with Crippen LogP contribution in [-0.4, -0.2) is 39.9 Å². The van der Waals surface area contributed by atoms with Crippen molar-refractivity contribution in [2.24, 2.45) is 4.99 Å². The molecule has 2 heterocycles. The van der Waals surface area contributed by atoms with E-state index in [0.29, 0.717) is 12.6 Å². The number of halogens is 3. The molecule has 9 heteroatoms. The molecule has 0 fully saturated rings. The largest absolute Gasteiger partial charge is 0.357 e. The van der Waals surface area contributed by atoms with E-state index in [1.54, 1.807) is 0 Å². The van der Waals surface area contributed by atoms with Gasteiger partial charge in [0.15, 0.2) is 5.96 Å². The highest BCUT2D eigenvalue weighted by atomic mass is 127. The van der Waals surface area contributed by atoms with Crippen LogP contribution in [0, 0.1) is 6.92 Å². The van der Waals surface area contributed by atoms with Gasteiger partial charge in [0.2, 0.25) is 0 Å². The van der Waals surface area contributed by atoms with Crippen LogP contribution in [0.25, 0.3) is 0 Å². The first-order valence-electron chi connectivity index (χ1n) is 8.94. The number of benzene rings is 1. The van der Waals surface area contributed by atoms with Gasteiger partial charge in [-0.15, -0.1) is 24.0 Å². The van der Waals surface area contributed by atoms with Crippen LogP contribution in [0.1, 0.15) is 30.6 Å². The molecule has 0 aliphatic carbocycles. The maximum atomic E-state index is 6.09. The molecular formula is C18H25BrClIN6. The Balaban J connectivity index is 0.00000261. The molecule has 0 saturated heterocycles. The Morgan fingerprint density at radius 1 is 1.44 bits per heavy atom. The molecule has 2 N–H and O–H groups in total. The maximum Gasteiger partial charge on any atom is 0.191 e. The van der Waals surface area contributed by atoms with Gasteiger partial charge in [-0.25, -0.2) is 9.67 Å². The molecule has 1 atom stereocenters. The minimum absolute atomic E-state index is 0. The first kappa shape index (κ1) is 22.4. The number of nitrogens with zero attached hydrogens (tertiary/aromatic N) is 4. The molecule has 2 aromatic rings. The molecule has 6 nitrogen and oxygen atoms in total. The summed E-state index contributed by atoms with van der Waals surface area (Å²) in [5.74, 6) is 2.76. The average Bonchev–Trinajstić information content (AvgIpc) is 2.97. The summed E-state index contributed by atoms with van der Waals surface area (Å²) in [6.45, 7) is 6.35. The van der Waals surface area contributed by atoms with Crippen LogP contribution in [-0.2, 0) is 19.4 Å². The van der Waals surface area contributed by atoms with E-state index in [1.807, 2.05) is 29.8 Å². The summed E-state index contributed by atoms with van der Waals surface area (Å²) in [6.07, 6.45) is 2.80. The number of aryl methyl sites for hydroxylation is 2. The van der Waals surface area contributed by atoms with Gasteiger partial charge in [-0.3, -0.25) is 4.99 Å².